The third-order valence-electron chi connectivity index (χ3n) is 8.55. The Labute approximate surface area is 265 Å². The van der Waals surface area contributed by atoms with Gasteiger partial charge in [0.2, 0.25) is 5.91 Å². The normalized spacial score (nSPS) is 19.0. The molecular weight excluding hydrogens is 582 g/mol. The number of likely N-dealkylation sites (tertiary alicyclic amines) is 1. The van der Waals surface area contributed by atoms with Crippen molar-refractivity contribution in [3.05, 3.63) is 53.1 Å². The molecule has 44 heavy (non-hydrogen) atoms. The fraction of sp³-hybridized carbons (Fsp3) is 0.545. The molecule has 0 aromatic heterocycles. The molecule has 0 bridgehead atoms. The number of hydrogen-bond donors (Lipinski definition) is 0. The first kappa shape index (κ1) is 31.9. The van der Waals surface area contributed by atoms with Crippen LogP contribution < -0.4 is 14.5 Å². The number of piperazine rings is 1. The summed E-state index contributed by atoms with van der Waals surface area (Å²) in [7, 11) is 1.60. The number of anilines is 2. The van der Waals surface area contributed by atoms with Gasteiger partial charge in [-0.1, -0.05) is 23.7 Å². The van der Waals surface area contributed by atoms with Crippen LogP contribution in [0.3, 0.4) is 0 Å². The number of methoxy groups -OCH3 is 1. The van der Waals surface area contributed by atoms with Crippen LogP contribution in [0.1, 0.15) is 45.6 Å². The Morgan fingerprint density at radius 3 is 2.23 bits per heavy atom. The summed E-state index contributed by atoms with van der Waals surface area (Å²) in [4.78, 5) is 48.0. The molecule has 0 unspecified atom stereocenters. The zero-order valence-electron chi connectivity index (χ0n) is 26.3. The first-order valence-corrected chi connectivity index (χ1v) is 15.9. The Bertz CT molecular complexity index is 1330. The highest BCUT2D eigenvalue weighted by atomic mass is 35.5. The van der Waals surface area contributed by atoms with Crippen molar-refractivity contribution in [2.75, 3.05) is 69.3 Å². The number of piperidine rings is 1. The molecule has 2 aromatic carbocycles. The summed E-state index contributed by atoms with van der Waals surface area (Å²) in [6.07, 6.45) is 2.02. The molecule has 3 aliphatic rings. The van der Waals surface area contributed by atoms with Gasteiger partial charge in [-0.25, -0.2) is 9.59 Å². The van der Waals surface area contributed by atoms with E-state index >= 15 is 0 Å². The van der Waals surface area contributed by atoms with Crippen molar-refractivity contribution in [3.8, 4) is 5.75 Å². The van der Waals surface area contributed by atoms with Crippen LogP contribution in [0, 0.1) is 5.92 Å². The maximum atomic E-state index is 13.4. The van der Waals surface area contributed by atoms with E-state index < -0.39 is 5.60 Å². The van der Waals surface area contributed by atoms with Gasteiger partial charge in [-0.15, -0.1) is 0 Å². The van der Waals surface area contributed by atoms with Crippen LogP contribution in [0.4, 0.5) is 21.0 Å². The van der Waals surface area contributed by atoms with Gasteiger partial charge in [0.1, 0.15) is 11.4 Å². The van der Waals surface area contributed by atoms with Crippen LogP contribution in [-0.2, 0) is 16.1 Å². The minimum Gasteiger partial charge on any atom is -0.497 e. The Morgan fingerprint density at radius 1 is 0.932 bits per heavy atom. The summed E-state index contributed by atoms with van der Waals surface area (Å²) in [5.74, 6) is 1.10. The molecule has 3 heterocycles. The SMILES string of the molecule is COc1ccc(CN2C(=O)CCN(c3ccc(N4CCN(CC5CCN(C(=O)OC(C)(C)C)CC5)CC4)cc3Cl)C2=O)cc1. The first-order chi connectivity index (χ1) is 21.0. The monoisotopic (exact) mass is 625 g/mol. The molecule has 0 radical (unpaired) electrons. The quantitative estimate of drug-likeness (QED) is 0.403. The minimum atomic E-state index is -0.469. The van der Waals surface area contributed by atoms with Crippen LogP contribution in [0.2, 0.25) is 5.02 Å². The number of urea groups is 1. The molecule has 0 aliphatic carbocycles. The van der Waals surface area contributed by atoms with Gasteiger partial charge in [0.15, 0.2) is 0 Å². The van der Waals surface area contributed by atoms with Crippen LogP contribution in [-0.4, -0.2) is 97.8 Å². The molecule has 0 atom stereocenters. The van der Waals surface area contributed by atoms with Crippen LogP contribution in [0.25, 0.3) is 0 Å². The largest absolute Gasteiger partial charge is 0.497 e. The van der Waals surface area contributed by atoms with Crippen molar-refractivity contribution in [3.63, 3.8) is 0 Å². The number of carbonyl (C=O) groups is 3. The molecule has 4 amide bonds. The highest BCUT2D eigenvalue weighted by Gasteiger charge is 2.34. The van der Waals surface area contributed by atoms with E-state index in [4.69, 9.17) is 21.1 Å². The first-order valence-electron chi connectivity index (χ1n) is 15.5. The second-order valence-electron chi connectivity index (χ2n) is 12.8. The fourth-order valence-corrected chi connectivity index (χ4v) is 6.35. The maximum absolute atomic E-state index is 13.4. The van der Waals surface area contributed by atoms with Gasteiger partial charge in [0.05, 0.1) is 24.4 Å². The van der Waals surface area contributed by atoms with Crippen molar-refractivity contribution in [1.29, 1.82) is 0 Å². The lowest BCUT2D eigenvalue weighted by atomic mass is 9.96. The Morgan fingerprint density at radius 2 is 1.61 bits per heavy atom. The smallest absolute Gasteiger partial charge is 0.410 e. The number of halogens is 1. The molecule has 3 saturated heterocycles. The molecular formula is C33H44ClN5O5. The molecule has 0 N–H and O–H groups in total. The number of ether oxygens (including phenoxy) is 2. The molecule has 2 aromatic rings. The molecule has 0 saturated carbocycles. The Balaban J connectivity index is 1.12. The number of hydrogen-bond acceptors (Lipinski definition) is 7. The molecule has 3 fully saturated rings. The highest BCUT2D eigenvalue weighted by Crippen LogP contribution is 2.33. The molecule has 11 heteroatoms. The van der Waals surface area contributed by atoms with Gasteiger partial charge >= 0.3 is 12.1 Å². The van der Waals surface area contributed by atoms with Crippen molar-refractivity contribution in [1.82, 2.24) is 14.7 Å². The molecule has 238 valence electrons. The summed E-state index contributed by atoms with van der Waals surface area (Å²) in [5, 5.41) is 0.494. The van der Waals surface area contributed by atoms with E-state index in [2.05, 4.69) is 9.80 Å². The highest BCUT2D eigenvalue weighted by molar-refractivity contribution is 6.34. The number of benzene rings is 2. The summed E-state index contributed by atoms with van der Waals surface area (Å²) in [5.41, 5.74) is 2.02. The van der Waals surface area contributed by atoms with Crippen LogP contribution in [0.15, 0.2) is 42.5 Å². The second-order valence-corrected chi connectivity index (χ2v) is 13.3. The minimum absolute atomic E-state index is 0.193. The molecule has 10 nitrogen and oxygen atoms in total. The third kappa shape index (κ3) is 7.77. The van der Waals surface area contributed by atoms with Gasteiger partial charge in [-0.2, -0.15) is 0 Å². The predicted octanol–water partition coefficient (Wildman–Crippen LogP) is 5.48. The third-order valence-corrected chi connectivity index (χ3v) is 8.86. The standard InChI is InChI=1S/C33H44ClN5O5/c1-33(2,3)44-32(42)37-14-11-25(12-15-37)22-35-17-19-36(20-18-35)26-7-10-29(28(34)21-26)38-16-13-30(40)39(31(38)41)23-24-5-8-27(43-4)9-6-24/h5-10,21,25H,11-20,22-23H2,1-4H3. The summed E-state index contributed by atoms with van der Waals surface area (Å²) in [6.45, 7) is 12.4. The number of imide groups is 1. The van der Waals surface area contributed by atoms with Crippen molar-refractivity contribution in [2.24, 2.45) is 5.92 Å². The number of carbonyl (C=O) groups excluding carboxylic acids is 3. The van der Waals surface area contributed by atoms with Gasteiger partial charge in [-0.05, 0) is 75.4 Å². The topological polar surface area (TPSA) is 85.9 Å². The summed E-state index contributed by atoms with van der Waals surface area (Å²) >= 11 is 6.77. The van der Waals surface area contributed by atoms with Gasteiger partial charge in [0.25, 0.3) is 0 Å². The van der Waals surface area contributed by atoms with E-state index in [0.29, 0.717) is 23.2 Å². The van der Waals surface area contributed by atoms with E-state index in [9.17, 15) is 14.4 Å². The summed E-state index contributed by atoms with van der Waals surface area (Å²) < 4.78 is 10.7. The second kappa shape index (κ2) is 13.6. The Kier molecular flexibility index (Phi) is 9.90. The lowest BCUT2D eigenvalue weighted by molar-refractivity contribution is -0.129. The van der Waals surface area contributed by atoms with Gasteiger partial charge < -0.3 is 19.3 Å². The zero-order valence-corrected chi connectivity index (χ0v) is 27.0. The van der Waals surface area contributed by atoms with E-state index in [0.717, 1.165) is 75.7 Å². The zero-order chi connectivity index (χ0) is 31.4. The van der Waals surface area contributed by atoms with Crippen molar-refractivity contribution >= 4 is 41.0 Å². The van der Waals surface area contributed by atoms with Crippen LogP contribution >= 0.6 is 11.6 Å². The molecule has 3 aliphatic heterocycles. The number of rotatable bonds is 7. The average molecular weight is 626 g/mol. The lowest BCUT2D eigenvalue weighted by Crippen LogP contribution is -2.52. The van der Waals surface area contributed by atoms with Crippen molar-refractivity contribution < 1.29 is 23.9 Å². The van der Waals surface area contributed by atoms with Gasteiger partial charge in [0, 0.05) is 64.5 Å². The van der Waals surface area contributed by atoms with Crippen molar-refractivity contribution in [2.45, 2.75) is 52.2 Å². The molecule has 5 rings (SSSR count). The summed E-state index contributed by atoms with van der Waals surface area (Å²) in [6, 6.07) is 12.8. The van der Waals surface area contributed by atoms with Crippen LogP contribution in [0.5, 0.6) is 5.75 Å². The lowest BCUT2D eigenvalue weighted by Gasteiger charge is -2.40. The van der Waals surface area contributed by atoms with E-state index in [1.807, 2.05) is 68.1 Å². The van der Waals surface area contributed by atoms with E-state index in [-0.39, 0.29) is 31.0 Å². The predicted molar refractivity (Wildman–Crippen MR) is 172 cm³/mol. The van der Waals surface area contributed by atoms with E-state index in [1.165, 1.54) is 4.90 Å². The van der Waals surface area contributed by atoms with Gasteiger partial charge in [-0.3, -0.25) is 19.5 Å². The van der Waals surface area contributed by atoms with E-state index in [1.54, 1.807) is 12.0 Å². The fourth-order valence-electron chi connectivity index (χ4n) is 6.07. The average Bonchev–Trinajstić information content (AvgIpc) is 3.00. The Hall–Kier alpha value is -3.50. The number of amides is 4. The number of nitrogens with zero attached hydrogens (tertiary/aromatic N) is 5. The molecule has 0 spiro atoms. The maximum Gasteiger partial charge on any atom is 0.410 e.